The second-order valence-corrected chi connectivity index (χ2v) is 8.78. The number of aryl methyl sites for hydroxylation is 1. The first-order chi connectivity index (χ1) is 14.7. The number of imidazole rings is 1. The van der Waals surface area contributed by atoms with Crippen LogP contribution in [0.4, 0.5) is 0 Å². The van der Waals surface area contributed by atoms with Gasteiger partial charge in [-0.3, -0.25) is 18.7 Å². The number of Topliss-reactive ketones (excluding diaryl/α,β-unsaturated/α-hetero) is 1. The molecule has 3 rings (SSSR count). The van der Waals surface area contributed by atoms with Gasteiger partial charge in [0.25, 0.3) is 5.56 Å². The molecule has 166 valence electrons. The summed E-state index contributed by atoms with van der Waals surface area (Å²) in [7, 11) is 2.95. The van der Waals surface area contributed by atoms with Crippen molar-refractivity contribution in [2.45, 2.75) is 31.5 Å². The summed E-state index contributed by atoms with van der Waals surface area (Å²) in [5.41, 5.74) is 0.253. The summed E-state index contributed by atoms with van der Waals surface area (Å²) in [6, 6.07) is 6.87. The molecule has 0 aliphatic heterocycles. The molecular weight excluding hydrogens is 420 g/mol. The number of hydrogen-bond donors (Lipinski definition) is 2. The predicted octanol–water partition coefficient (Wildman–Crippen LogP) is 1.72. The minimum atomic E-state index is -0.785. The van der Waals surface area contributed by atoms with E-state index in [0.29, 0.717) is 28.8 Å². The van der Waals surface area contributed by atoms with Crippen molar-refractivity contribution in [3.63, 3.8) is 0 Å². The Hall–Kier alpha value is -2.85. The molecule has 0 spiro atoms. The van der Waals surface area contributed by atoms with E-state index in [9.17, 15) is 19.5 Å². The molecule has 2 heterocycles. The van der Waals surface area contributed by atoms with Crippen LogP contribution in [-0.4, -0.2) is 48.5 Å². The molecule has 2 N–H and O–H groups in total. The number of nitrogens with one attached hydrogen (secondary N) is 1. The number of H-pyrrole nitrogens is 1. The van der Waals surface area contributed by atoms with Crippen LogP contribution in [0.2, 0.25) is 0 Å². The van der Waals surface area contributed by atoms with Gasteiger partial charge in [-0.2, -0.15) is 0 Å². The highest BCUT2D eigenvalue weighted by Gasteiger charge is 2.15. The first kappa shape index (κ1) is 22.8. The number of thioether (sulfide) groups is 1. The highest BCUT2D eigenvalue weighted by Crippen LogP contribution is 2.19. The number of ketones is 1. The van der Waals surface area contributed by atoms with Gasteiger partial charge in [-0.15, -0.1) is 0 Å². The lowest BCUT2D eigenvalue weighted by atomic mass is 10.0. The fraction of sp³-hybridized carbons (Fsp3) is 0.429. The molecule has 0 aliphatic carbocycles. The number of nitrogens with zero attached hydrogens (tertiary/aromatic N) is 3. The summed E-state index contributed by atoms with van der Waals surface area (Å²) in [6.45, 7) is 4.06. The molecule has 31 heavy (non-hydrogen) atoms. The van der Waals surface area contributed by atoms with E-state index in [4.69, 9.17) is 4.74 Å². The Labute approximate surface area is 183 Å². The molecule has 1 unspecified atom stereocenters. The van der Waals surface area contributed by atoms with Crippen LogP contribution in [0.3, 0.4) is 0 Å². The minimum Gasteiger partial charge on any atom is -0.491 e. The molecule has 1 atom stereocenters. The number of carbonyl (C=O) groups is 1. The van der Waals surface area contributed by atoms with Gasteiger partial charge in [0, 0.05) is 31.8 Å². The molecule has 0 fully saturated rings. The van der Waals surface area contributed by atoms with Gasteiger partial charge in [-0.05, 0) is 30.2 Å². The van der Waals surface area contributed by atoms with E-state index in [1.165, 1.54) is 23.4 Å². The Balaban J connectivity index is 1.56. The first-order valence-corrected chi connectivity index (χ1v) is 10.9. The third-order valence-corrected chi connectivity index (χ3v) is 5.72. The predicted molar refractivity (Wildman–Crippen MR) is 119 cm³/mol. The van der Waals surface area contributed by atoms with Crippen LogP contribution in [0.25, 0.3) is 11.2 Å². The lowest BCUT2D eigenvalue weighted by Crippen LogP contribution is -2.36. The zero-order valence-corrected chi connectivity index (χ0v) is 18.7. The summed E-state index contributed by atoms with van der Waals surface area (Å²) in [5.74, 6) is 1.23. The highest BCUT2D eigenvalue weighted by molar-refractivity contribution is 7.99. The minimum absolute atomic E-state index is 0.0623. The maximum atomic E-state index is 12.2. The molecule has 0 amide bonds. The number of ether oxygens (including phenoxy) is 1. The SMILES string of the molecule is CC(C)CC(=O)c1ccc(OCC(O)CSc2nc3c([nH]2)c(=O)n(C)c(=O)n3C)cc1. The molecule has 9 nitrogen and oxygen atoms in total. The van der Waals surface area contributed by atoms with Crippen molar-refractivity contribution in [3.8, 4) is 5.75 Å². The molecule has 3 aromatic rings. The molecule has 0 bridgehead atoms. The van der Waals surface area contributed by atoms with Crippen LogP contribution in [-0.2, 0) is 14.1 Å². The molecule has 0 radical (unpaired) electrons. The lowest BCUT2D eigenvalue weighted by molar-refractivity contribution is 0.0967. The Bertz CT molecular complexity index is 1190. The van der Waals surface area contributed by atoms with Gasteiger partial charge in [0.2, 0.25) is 0 Å². The van der Waals surface area contributed by atoms with E-state index in [-0.39, 0.29) is 29.3 Å². The zero-order valence-electron chi connectivity index (χ0n) is 17.9. The van der Waals surface area contributed by atoms with Crippen LogP contribution in [0.1, 0.15) is 30.6 Å². The number of fused-ring (bicyclic) bond motifs is 1. The summed E-state index contributed by atoms with van der Waals surface area (Å²) < 4.78 is 7.91. The maximum Gasteiger partial charge on any atom is 0.332 e. The Kier molecular flexibility index (Phi) is 7.01. The number of hydrogen-bond acceptors (Lipinski definition) is 7. The van der Waals surface area contributed by atoms with Crippen LogP contribution in [0, 0.1) is 5.92 Å². The third-order valence-electron chi connectivity index (χ3n) is 4.70. The van der Waals surface area contributed by atoms with Gasteiger partial charge >= 0.3 is 5.69 Å². The molecule has 0 aliphatic rings. The summed E-state index contributed by atoms with van der Waals surface area (Å²) in [4.78, 5) is 43.5. The average Bonchev–Trinajstić information content (AvgIpc) is 3.18. The van der Waals surface area contributed by atoms with Gasteiger partial charge in [-0.25, -0.2) is 9.78 Å². The van der Waals surface area contributed by atoms with E-state index in [1.54, 1.807) is 31.3 Å². The maximum absolute atomic E-state index is 12.2. The number of benzene rings is 1. The van der Waals surface area contributed by atoms with Crippen molar-refractivity contribution in [3.05, 3.63) is 50.7 Å². The van der Waals surface area contributed by atoms with E-state index in [1.807, 2.05) is 13.8 Å². The molecule has 0 saturated heterocycles. The topological polar surface area (TPSA) is 119 Å². The Morgan fingerprint density at radius 2 is 1.87 bits per heavy atom. The summed E-state index contributed by atoms with van der Waals surface area (Å²) >= 11 is 1.23. The number of rotatable bonds is 9. The van der Waals surface area contributed by atoms with Crippen molar-refractivity contribution in [1.82, 2.24) is 19.1 Å². The lowest BCUT2D eigenvalue weighted by Gasteiger charge is -2.12. The molecule has 1 aromatic carbocycles. The normalized spacial score (nSPS) is 12.5. The van der Waals surface area contributed by atoms with Gasteiger partial charge in [0.1, 0.15) is 12.4 Å². The van der Waals surface area contributed by atoms with Gasteiger partial charge in [-0.1, -0.05) is 25.6 Å². The van der Waals surface area contributed by atoms with E-state index in [2.05, 4.69) is 9.97 Å². The summed E-state index contributed by atoms with van der Waals surface area (Å²) in [6.07, 6.45) is -0.287. The highest BCUT2D eigenvalue weighted by atomic mass is 32.2. The fourth-order valence-corrected chi connectivity index (χ4v) is 3.79. The number of carbonyl (C=O) groups excluding carboxylic acids is 1. The average molecular weight is 447 g/mol. The number of aliphatic hydroxyl groups excluding tert-OH is 1. The molecule has 10 heteroatoms. The smallest absolute Gasteiger partial charge is 0.332 e. The fourth-order valence-electron chi connectivity index (χ4n) is 3.01. The standard InChI is InChI=1S/C21H26N4O5S/c1-12(2)9-16(27)13-5-7-15(8-6-13)30-10-14(26)11-31-20-22-17-18(23-20)24(3)21(29)25(4)19(17)28/h5-8,12,14,26H,9-11H2,1-4H3,(H,22,23). The Morgan fingerprint density at radius 1 is 1.19 bits per heavy atom. The van der Waals surface area contributed by atoms with Crippen LogP contribution in [0.15, 0.2) is 39.0 Å². The van der Waals surface area contributed by atoms with Crippen molar-refractivity contribution < 1.29 is 14.6 Å². The summed E-state index contributed by atoms with van der Waals surface area (Å²) in [5, 5.41) is 10.7. The van der Waals surface area contributed by atoms with Gasteiger partial charge in [0.05, 0.1) is 6.10 Å². The Morgan fingerprint density at radius 3 is 2.52 bits per heavy atom. The number of aromatic amines is 1. The molecule has 2 aromatic heterocycles. The monoisotopic (exact) mass is 446 g/mol. The van der Waals surface area contributed by atoms with Crippen LogP contribution >= 0.6 is 11.8 Å². The zero-order chi connectivity index (χ0) is 22.7. The van der Waals surface area contributed by atoms with Gasteiger partial charge in [0.15, 0.2) is 22.1 Å². The second kappa shape index (κ2) is 9.52. The van der Waals surface area contributed by atoms with E-state index < -0.39 is 17.4 Å². The molecule has 0 saturated carbocycles. The van der Waals surface area contributed by atoms with E-state index in [0.717, 1.165) is 4.57 Å². The van der Waals surface area contributed by atoms with Crippen molar-refractivity contribution in [2.24, 2.45) is 20.0 Å². The van der Waals surface area contributed by atoms with Gasteiger partial charge < -0.3 is 14.8 Å². The van der Waals surface area contributed by atoms with Crippen LogP contribution < -0.4 is 16.0 Å². The quantitative estimate of drug-likeness (QED) is 0.379. The third kappa shape index (κ3) is 5.26. The van der Waals surface area contributed by atoms with Crippen molar-refractivity contribution in [2.75, 3.05) is 12.4 Å². The first-order valence-electron chi connectivity index (χ1n) is 9.90. The van der Waals surface area contributed by atoms with Crippen molar-refractivity contribution >= 4 is 28.7 Å². The second-order valence-electron chi connectivity index (χ2n) is 7.77. The van der Waals surface area contributed by atoms with E-state index >= 15 is 0 Å². The number of aliphatic hydroxyl groups is 1. The molecular formula is C21H26N4O5S. The van der Waals surface area contributed by atoms with Crippen molar-refractivity contribution in [1.29, 1.82) is 0 Å². The largest absolute Gasteiger partial charge is 0.491 e. The number of aromatic nitrogens is 4. The van der Waals surface area contributed by atoms with Crippen LogP contribution in [0.5, 0.6) is 5.75 Å².